The van der Waals surface area contributed by atoms with Gasteiger partial charge >= 0.3 is 0 Å². The van der Waals surface area contributed by atoms with E-state index < -0.39 is 0 Å². The number of benzene rings is 1. The van der Waals surface area contributed by atoms with E-state index in [0.29, 0.717) is 17.0 Å². The zero-order valence-electron chi connectivity index (χ0n) is 15.7. The van der Waals surface area contributed by atoms with Crippen molar-refractivity contribution in [1.29, 1.82) is 0 Å². The lowest BCUT2D eigenvalue weighted by atomic mass is 10.1. The van der Waals surface area contributed by atoms with Crippen LogP contribution in [0.15, 0.2) is 53.2 Å². The van der Waals surface area contributed by atoms with Gasteiger partial charge in [-0.05, 0) is 42.8 Å². The summed E-state index contributed by atoms with van der Waals surface area (Å²) in [4.78, 5) is 19.0. The third-order valence-corrected chi connectivity index (χ3v) is 4.72. The Morgan fingerprint density at radius 2 is 2.00 bits per heavy atom. The van der Waals surface area contributed by atoms with E-state index in [4.69, 9.17) is 9.26 Å². The summed E-state index contributed by atoms with van der Waals surface area (Å²) >= 11 is 0. The number of anilines is 1. The number of aryl methyl sites for hydroxylation is 1. The van der Waals surface area contributed by atoms with Gasteiger partial charge in [0.25, 0.3) is 5.91 Å². The van der Waals surface area contributed by atoms with Crippen LogP contribution in [0.5, 0.6) is 0 Å². The molecule has 1 aromatic carbocycles. The second-order valence-corrected chi connectivity index (χ2v) is 6.68. The number of hydrogen-bond acceptors (Lipinski definition) is 6. The predicted molar refractivity (Wildman–Crippen MR) is 105 cm³/mol. The number of carbonyl (C=O) groups is 1. The molecule has 0 aliphatic carbocycles. The maximum absolute atomic E-state index is 12.5. The zero-order valence-corrected chi connectivity index (χ0v) is 15.7. The van der Waals surface area contributed by atoms with E-state index in [-0.39, 0.29) is 12.5 Å². The van der Waals surface area contributed by atoms with Crippen LogP contribution in [-0.4, -0.2) is 42.4 Å². The molecule has 0 unspecified atom stereocenters. The Hall–Kier alpha value is -3.19. The van der Waals surface area contributed by atoms with Crippen LogP contribution in [0.3, 0.4) is 0 Å². The number of hydrogen-bond donors (Lipinski definition) is 1. The monoisotopic (exact) mass is 378 g/mol. The third-order valence-electron chi connectivity index (χ3n) is 4.72. The largest absolute Gasteiger partial charge is 0.378 e. The van der Waals surface area contributed by atoms with Crippen LogP contribution in [0.1, 0.15) is 21.7 Å². The number of carbonyl (C=O) groups excluding carboxylic acids is 1. The number of ether oxygens (including phenoxy) is 1. The van der Waals surface area contributed by atoms with E-state index in [1.165, 1.54) is 0 Å². The molecule has 0 saturated carbocycles. The molecule has 0 spiro atoms. The highest BCUT2D eigenvalue weighted by Crippen LogP contribution is 2.22. The fourth-order valence-corrected chi connectivity index (χ4v) is 3.26. The summed E-state index contributed by atoms with van der Waals surface area (Å²) in [7, 11) is 0. The molecule has 3 heterocycles. The summed E-state index contributed by atoms with van der Waals surface area (Å²) < 4.78 is 10.7. The number of pyridine rings is 1. The number of nitrogens with zero attached hydrogens (tertiary/aromatic N) is 3. The first-order chi connectivity index (χ1) is 13.7. The molecule has 0 radical (unpaired) electrons. The van der Waals surface area contributed by atoms with Gasteiger partial charge in [-0.2, -0.15) is 0 Å². The molecule has 1 N–H and O–H groups in total. The van der Waals surface area contributed by atoms with E-state index in [1.54, 1.807) is 12.3 Å². The molecule has 7 nitrogen and oxygen atoms in total. The molecule has 2 aromatic heterocycles. The van der Waals surface area contributed by atoms with E-state index in [0.717, 1.165) is 43.2 Å². The highest BCUT2D eigenvalue weighted by atomic mass is 16.5. The summed E-state index contributed by atoms with van der Waals surface area (Å²) in [5.41, 5.74) is 4.23. The minimum Gasteiger partial charge on any atom is -0.378 e. The molecule has 1 fully saturated rings. The number of morpholine rings is 1. The van der Waals surface area contributed by atoms with Gasteiger partial charge in [-0.25, -0.2) is 0 Å². The zero-order chi connectivity index (χ0) is 19.3. The highest BCUT2D eigenvalue weighted by molar-refractivity contribution is 5.94. The van der Waals surface area contributed by atoms with E-state index in [1.807, 2.05) is 43.3 Å². The maximum atomic E-state index is 12.5. The Bertz CT molecular complexity index is 949. The fourth-order valence-electron chi connectivity index (χ4n) is 3.26. The molecule has 4 rings (SSSR count). The van der Waals surface area contributed by atoms with Gasteiger partial charge in [-0.3, -0.25) is 9.78 Å². The van der Waals surface area contributed by atoms with Crippen LogP contribution in [0.25, 0.3) is 11.4 Å². The third kappa shape index (κ3) is 4.04. The molecule has 0 bridgehead atoms. The van der Waals surface area contributed by atoms with E-state index in [2.05, 4.69) is 20.4 Å². The summed E-state index contributed by atoms with van der Waals surface area (Å²) in [6.07, 6.45) is 1.70. The summed E-state index contributed by atoms with van der Waals surface area (Å²) in [6, 6.07) is 13.2. The summed E-state index contributed by atoms with van der Waals surface area (Å²) in [5.74, 6) is 0.433. The summed E-state index contributed by atoms with van der Waals surface area (Å²) in [6.45, 7) is 5.51. The normalized spacial score (nSPS) is 14.1. The quantitative estimate of drug-likeness (QED) is 0.735. The number of nitrogens with one attached hydrogen (secondary N) is 1. The lowest BCUT2D eigenvalue weighted by Crippen LogP contribution is -2.36. The van der Waals surface area contributed by atoms with Crippen LogP contribution in [0.4, 0.5) is 5.69 Å². The van der Waals surface area contributed by atoms with Gasteiger partial charge in [-0.15, -0.1) is 0 Å². The molecular formula is C21H22N4O3. The Kier molecular flexibility index (Phi) is 5.34. The number of amides is 1. The second kappa shape index (κ2) is 8.22. The predicted octanol–water partition coefficient (Wildman–Crippen LogP) is 2.81. The topological polar surface area (TPSA) is 80.5 Å². The van der Waals surface area contributed by atoms with Gasteiger partial charge in [0.15, 0.2) is 5.76 Å². The number of rotatable bonds is 5. The number of aromatic nitrogens is 2. The van der Waals surface area contributed by atoms with Crippen molar-refractivity contribution in [3.63, 3.8) is 0 Å². The first kappa shape index (κ1) is 18.2. The van der Waals surface area contributed by atoms with Crippen molar-refractivity contribution >= 4 is 11.6 Å². The van der Waals surface area contributed by atoms with Crippen molar-refractivity contribution in [2.75, 3.05) is 31.2 Å². The molecular weight excluding hydrogens is 356 g/mol. The molecule has 28 heavy (non-hydrogen) atoms. The Balaban J connectivity index is 1.39. The molecule has 1 aliphatic heterocycles. The van der Waals surface area contributed by atoms with Crippen molar-refractivity contribution in [3.05, 3.63) is 65.5 Å². The Morgan fingerprint density at radius 1 is 1.14 bits per heavy atom. The first-order valence-corrected chi connectivity index (χ1v) is 9.29. The molecule has 7 heteroatoms. The van der Waals surface area contributed by atoms with Gasteiger partial charge in [0.2, 0.25) is 0 Å². The SMILES string of the molecule is Cc1cc(C(=O)NCc2cc(-c3ccccn3)no2)ccc1N1CCOCC1. The van der Waals surface area contributed by atoms with Gasteiger partial charge in [0.05, 0.1) is 25.5 Å². The van der Waals surface area contributed by atoms with E-state index >= 15 is 0 Å². The first-order valence-electron chi connectivity index (χ1n) is 9.29. The van der Waals surface area contributed by atoms with Crippen molar-refractivity contribution in [1.82, 2.24) is 15.5 Å². The van der Waals surface area contributed by atoms with Crippen molar-refractivity contribution in [2.24, 2.45) is 0 Å². The van der Waals surface area contributed by atoms with Crippen molar-refractivity contribution in [2.45, 2.75) is 13.5 Å². The van der Waals surface area contributed by atoms with Crippen molar-refractivity contribution in [3.8, 4) is 11.4 Å². The van der Waals surface area contributed by atoms with Gasteiger partial charge < -0.3 is 19.5 Å². The molecule has 1 aliphatic rings. The van der Waals surface area contributed by atoms with Crippen LogP contribution in [-0.2, 0) is 11.3 Å². The average Bonchev–Trinajstić information content (AvgIpc) is 3.22. The maximum Gasteiger partial charge on any atom is 0.251 e. The minimum atomic E-state index is -0.146. The van der Waals surface area contributed by atoms with Crippen molar-refractivity contribution < 1.29 is 14.1 Å². The van der Waals surface area contributed by atoms with E-state index in [9.17, 15) is 4.79 Å². The van der Waals surface area contributed by atoms with Gasteiger partial charge in [0, 0.05) is 36.6 Å². The molecule has 3 aromatic rings. The lowest BCUT2D eigenvalue weighted by molar-refractivity contribution is 0.0947. The standard InChI is InChI=1S/C21H22N4O3/c1-15-12-16(5-6-20(15)25-8-10-27-11-9-25)21(26)23-14-17-13-19(24-28-17)18-4-2-3-7-22-18/h2-7,12-13H,8-11,14H2,1H3,(H,23,26). The molecule has 1 amide bonds. The minimum absolute atomic E-state index is 0.146. The Morgan fingerprint density at radius 3 is 2.75 bits per heavy atom. The molecule has 0 atom stereocenters. The van der Waals surface area contributed by atoms with Gasteiger partial charge in [0.1, 0.15) is 5.69 Å². The molecule has 144 valence electrons. The Labute approximate surface area is 163 Å². The lowest BCUT2D eigenvalue weighted by Gasteiger charge is -2.30. The second-order valence-electron chi connectivity index (χ2n) is 6.68. The van der Waals surface area contributed by atoms with Crippen LogP contribution in [0, 0.1) is 6.92 Å². The highest BCUT2D eigenvalue weighted by Gasteiger charge is 2.15. The smallest absolute Gasteiger partial charge is 0.251 e. The average molecular weight is 378 g/mol. The molecule has 1 saturated heterocycles. The van der Waals surface area contributed by atoms with Crippen LogP contribution < -0.4 is 10.2 Å². The van der Waals surface area contributed by atoms with Crippen LogP contribution in [0.2, 0.25) is 0 Å². The fraction of sp³-hybridized carbons (Fsp3) is 0.286. The van der Waals surface area contributed by atoms with Crippen LogP contribution >= 0.6 is 0 Å². The summed E-state index contributed by atoms with van der Waals surface area (Å²) in [5, 5.41) is 6.89. The van der Waals surface area contributed by atoms with Gasteiger partial charge in [-0.1, -0.05) is 11.2 Å².